The number of carbonyl (C=O) groups excluding carboxylic acids is 1. The number of aromatic nitrogens is 1. The van der Waals surface area contributed by atoms with E-state index in [0.717, 1.165) is 0 Å². The lowest BCUT2D eigenvalue weighted by atomic mass is 10.2. The van der Waals surface area contributed by atoms with E-state index in [1.54, 1.807) is 6.07 Å². The number of halogens is 1. The topological polar surface area (TPSA) is 65.8 Å². The number of amides is 1. The van der Waals surface area contributed by atoms with Crippen molar-refractivity contribution in [3.8, 4) is 17.9 Å². The number of hydrogen-bond donors (Lipinski definition) is 1. The summed E-state index contributed by atoms with van der Waals surface area (Å²) < 4.78 is 0. The third-order valence-corrected chi connectivity index (χ3v) is 2.12. The predicted molar refractivity (Wildman–Crippen MR) is 64.1 cm³/mol. The molecule has 0 fully saturated rings. The van der Waals surface area contributed by atoms with Crippen molar-refractivity contribution in [2.45, 2.75) is 13.3 Å². The minimum Gasteiger partial charge on any atom is -0.355 e. The Kier molecular flexibility index (Phi) is 5.00. The van der Waals surface area contributed by atoms with E-state index in [-0.39, 0.29) is 11.1 Å². The van der Waals surface area contributed by atoms with Gasteiger partial charge in [-0.15, -0.1) is 0 Å². The molecule has 1 aromatic rings. The Labute approximate surface area is 105 Å². The van der Waals surface area contributed by atoms with Crippen LogP contribution in [0.3, 0.4) is 0 Å². The molecule has 0 saturated carbocycles. The Morgan fingerprint density at radius 3 is 3.06 bits per heavy atom. The van der Waals surface area contributed by atoms with Crippen LogP contribution in [0.15, 0.2) is 12.3 Å². The van der Waals surface area contributed by atoms with Gasteiger partial charge in [0.2, 0.25) is 5.91 Å². The molecule has 1 heterocycles. The van der Waals surface area contributed by atoms with E-state index in [0.29, 0.717) is 24.1 Å². The molecule has 0 saturated heterocycles. The largest absolute Gasteiger partial charge is 0.355 e. The Morgan fingerprint density at radius 1 is 1.65 bits per heavy atom. The van der Waals surface area contributed by atoms with Gasteiger partial charge in [-0.25, -0.2) is 4.98 Å². The average molecular weight is 248 g/mol. The fourth-order valence-corrected chi connectivity index (χ4v) is 1.21. The molecule has 4 nitrogen and oxygen atoms in total. The van der Waals surface area contributed by atoms with Crippen LogP contribution in [0.25, 0.3) is 0 Å². The van der Waals surface area contributed by atoms with Crippen molar-refractivity contribution in [1.82, 2.24) is 10.3 Å². The zero-order chi connectivity index (χ0) is 12.7. The van der Waals surface area contributed by atoms with Gasteiger partial charge < -0.3 is 5.32 Å². The van der Waals surface area contributed by atoms with E-state index >= 15 is 0 Å². The summed E-state index contributed by atoms with van der Waals surface area (Å²) in [5.41, 5.74) is 0.939. The van der Waals surface area contributed by atoms with Crippen molar-refractivity contribution < 1.29 is 4.79 Å². The first-order valence-corrected chi connectivity index (χ1v) is 5.30. The van der Waals surface area contributed by atoms with Crippen molar-refractivity contribution in [3.63, 3.8) is 0 Å². The molecular formula is C12H10ClN3O. The molecular weight excluding hydrogens is 238 g/mol. The predicted octanol–water partition coefficient (Wildman–Crippen LogP) is 1.48. The molecule has 0 radical (unpaired) electrons. The monoisotopic (exact) mass is 247 g/mol. The zero-order valence-electron chi connectivity index (χ0n) is 9.25. The summed E-state index contributed by atoms with van der Waals surface area (Å²) >= 11 is 5.69. The van der Waals surface area contributed by atoms with Crippen LogP contribution in [0, 0.1) is 23.2 Å². The van der Waals surface area contributed by atoms with Crippen molar-refractivity contribution in [2.24, 2.45) is 0 Å². The number of nitrogens with one attached hydrogen (secondary N) is 1. The number of nitriles is 1. The van der Waals surface area contributed by atoms with Gasteiger partial charge in [0.25, 0.3) is 0 Å². The van der Waals surface area contributed by atoms with E-state index in [4.69, 9.17) is 16.9 Å². The maximum Gasteiger partial charge on any atom is 0.216 e. The molecule has 0 aliphatic heterocycles. The van der Waals surface area contributed by atoms with Crippen molar-refractivity contribution >= 4 is 17.5 Å². The van der Waals surface area contributed by atoms with Crippen molar-refractivity contribution in [2.75, 3.05) is 6.54 Å². The average Bonchev–Trinajstić information content (AvgIpc) is 2.30. The van der Waals surface area contributed by atoms with Gasteiger partial charge in [0.15, 0.2) is 0 Å². The fourth-order valence-electron chi connectivity index (χ4n) is 1.06. The maximum absolute atomic E-state index is 10.6. The number of hydrogen-bond acceptors (Lipinski definition) is 3. The SMILES string of the molecule is CC(=O)NCCC#Cc1cnc(Cl)c(C#N)c1. The first kappa shape index (κ1) is 13.0. The molecule has 1 rings (SSSR count). The highest BCUT2D eigenvalue weighted by atomic mass is 35.5. The lowest BCUT2D eigenvalue weighted by molar-refractivity contribution is -0.118. The van der Waals surface area contributed by atoms with E-state index in [1.807, 2.05) is 6.07 Å². The van der Waals surface area contributed by atoms with Crippen LogP contribution >= 0.6 is 11.6 Å². The zero-order valence-corrected chi connectivity index (χ0v) is 10.0. The third kappa shape index (κ3) is 4.55. The van der Waals surface area contributed by atoms with Crippen LogP contribution in [0.4, 0.5) is 0 Å². The Balaban J connectivity index is 2.61. The first-order chi connectivity index (χ1) is 8.13. The number of pyridine rings is 1. The van der Waals surface area contributed by atoms with Gasteiger partial charge >= 0.3 is 0 Å². The summed E-state index contributed by atoms with van der Waals surface area (Å²) in [7, 11) is 0. The molecule has 0 unspecified atom stereocenters. The smallest absolute Gasteiger partial charge is 0.216 e. The molecule has 86 valence electrons. The van der Waals surface area contributed by atoms with Gasteiger partial charge in [-0.2, -0.15) is 5.26 Å². The van der Waals surface area contributed by atoms with Gasteiger partial charge in [-0.1, -0.05) is 23.4 Å². The highest BCUT2D eigenvalue weighted by Gasteiger charge is 2.00. The van der Waals surface area contributed by atoms with Crippen LogP contribution in [-0.2, 0) is 4.79 Å². The molecule has 0 bridgehead atoms. The van der Waals surface area contributed by atoms with Crippen LogP contribution in [0.2, 0.25) is 5.15 Å². The minimum absolute atomic E-state index is 0.0771. The summed E-state index contributed by atoms with van der Waals surface area (Å²) in [6, 6.07) is 3.52. The molecule has 0 aromatic carbocycles. The quantitative estimate of drug-likeness (QED) is 0.489. The molecule has 5 heteroatoms. The molecule has 17 heavy (non-hydrogen) atoms. The fraction of sp³-hybridized carbons (Fsp3) is 0.250. The number of rotatable bonds is 2. The molecule has 0 aliphatic rings. The van der Waals surface area contributed by atoms with Crippen molar-refractivity contribution in [1.29, 1.82) is 5.26 Å². The second-order valence-corrected chi connectivity index (χ2v) is 3.57. The van der Waals surface area contributed by atoms with E-state index in [9.17, 15) is 4.79 Å². The Morgan fingerprint density at radius 2 is 2.41 bits per heavy atom. The van der Waals surface area contributed by atoms with Crippen LogP contribution < -0.4 is 5.32 Å². The second kappa shape index (κ2) is 6.52. The summed E-state index contributed by atoms with van der Waals surface area (Å²) in [5, 5.41) is 11.6. The van der Waals surface area contributed by atoms with E-state index < -0.39 is 0 Å². The summed E-state index contributed by atoms with van der Waals surface area (Å²) in [6.07, 6.45) is 2.05. The molecule has 1 aromatic heterocycles. The summed E-state index contributed by atoms with van der Waals surface area (Å²) in [6.45, 7) is 1.96. The van der Waals surface area contributed by atoms with Gasteiger partial charge in [0.1, 0.15) is 11.2 Å². The maximum atomic E-state index is 10.6. The molecule has 1 amide bonds. The molecule has 1 N–H and O–H groups in total. The van der Waals surface area contributed by atoms with Gasteiger partial charge in [0, 0.05) is 31.6 Å². The number of carbonyl (C=O) groups is 1. The summed E-state index contributed by atoms with van der Waals surface area (Å²) in [4.78, 5) is 14.4. The van der Waals surface area contributed by atoms with E-state index in [1.165, 1.54) is 13.1 Å². The Bertz CT molecular complexity index is 523. The second-order valence-electron chi connectivity index (χ2n) is 3.21. The van der Waals surface area contributed by atoms with Gasteiger partial charge in [-0.05, 0) is 6.07 Å². The lowest BCUT2D eigenvalue weighted by Gasteiger charge is -1.95. The number of nitrogens with zero attached hydrogens (tertiary/aromatic N) is 2. The van der Waals surface area contributed by atoms with Gasteiger partial charge in [0.05, 0.1) is 5.56 Å². The van der Waals surface area contributed by atoms with Crippen LogP contribution in [-0.4, -0.2) is 17.4 Å². The normalized spacial score (nSPS) is 8.76. The van der Waals surface area contributed by atoms with Crippen LogP contribution in [0.5, 0.6) is 0 Å². The van der Waals surface area contributed by atoms with Gasteiger partial charge in [-0.3, -0.25) is 4.79 Å². The summed E-state index contributed by atoms with van der Waals surface area (Å²) in [5.74, 6) is 5.64. The van der Waals surface area contributed by atoms with Crippen LogP contribution in [0.1, 0.15) is 24.5 Å². The Hall–Kier alpha value is -2.04. The third-order valence-electron chi connectivity index (χ3n) is 1.82. The first-order valence-electron chi connectivity index (χ1n) is 4.92. The minimum atomic E-state index is -0.0771. The molecule has 0 aliphatic carbocycles. The van der Waals surface area contributed by atoms with Crippen molar-refractivity contribution in [3.05, 3.63) is 28.5 Å². The highest BCUT2D eigenvalue weighted by Crippen LogP contribution is 2.12. The lowest BCUT2D eigenvalue weighted by Crippen LogP contribution is -2.20. The van der Waals surface area contributed by atoms with E-state index in [2.05, 4.69) is 22.1 Å². The standard InChI is InChI=1S/C12H10ClN3O/c1-9(17)15-5-3-2-4-10-6-11(7-14)12(13)16-8-10/h6,8H,3,5H2,1H3,(H,15,17). The highest BCUT2D eigenvalue weighted by molar-refractivity contribution is 6.30. The molecule has 0 spiro atoms. The molecule has 0 atom stereocenters.